The Balaban J connectivity index is 2.00. The number of sulfonamides is 1. The van der Waals surface area contributed by atoms with Crippen molar-refractivity contribution in [1.82, 2.24) is 24.3 Å². The quantitative estimate of drug-likeness (QED) is 0.864. The van der Waals surface area contributed by atoms with Crippen molar-refractivity contribution in [3.05, 3.63) is 29.3 Å². The van der Waals surface area contributed by atoms with Gasteiger partial charge in [0.05, 0.1) is 11.4 Å². The first-order valence-electron chi connectivity index (χ1n) is 7.20. The predicted octanol–water partition coefficient (Wildman–Crippen LogP) is 1.16. The fourth-order valence-electron chi connectivity index (χ4n) is 2.39. The fourth-order valence-corrected chi connectivity index (χ4v) is 3.77. The molecule has 2 aromatic heterocycles. The Kier molecular flexibility index (Phi) is 4.72. The highest BCUT2D eigenvalue weighted by molar-refractivity contribution is 7.89. The Hall–Kier alpha value is -1.67. The van der Waals surface area contributed by atoms with E-state index in [0.717, 1.165) is 11.4 Å². The van der Waals surface area contributed by atoms with Crippen LogP contribution in [0.1, 0.15) is 24.0 Å². The molecule has 122 valence electrons. The van der Waals surface area contributed by atoms with E-state index >= 15 is 0 Å². The van der Waals surface area contributed by atoms with Crippen molar-refractivity contribution in [3.63, 3.8) is 0 Å². The zero-order valence-electron chi connectivity index (χ0n) is 13.7. The Morgan fingerprint density at radius 3 is 2.45 bits per heavy atom. The molecule has 0 aliphatic rings. The molecule has 0 fully saturated rings. The van der Waals surface area contributed by atoms with Gasteiger partial charge in [0.1, 0.15) is 4.90 Å². The third-order valence-corrected chi connectivity index (χ3v) is 4.99. The van der Waals surface area contributed by atoms with Gasteiger partial charge in [0, 0.05) is 32.0 Å². The summed E-state index contributed by atoms with van der Waals surface area (Å²) >= 11 is 0. The smallest absolute Gasteiger partial charge is 0.243 e. The Labute approximate surface area is 131 Å². The molecule has 7 nitrogen and oxygen atoms in total. The molecule has 2 heterocycles. The van der Waals surface area contributed by atoms with Crippen molar-refractivity contribution >= 4 is 10.0 Å². The van der Waals surface area contributed by atoms with Crippen LogP contribution in [-0.4, -0.2) is 34.5 Å². The van der Waals surface area contributed by atoms with Gasteiger partial charge < -0.3 is 0 Å². The normalized spacial score (nSPS) is 13.5. The van der Waals surface area contributed by atoms with Crippen molar-refractivity contribution in [2.45, 2.75) is 39.1 Å². The van der Waals surface area contributed by atoms with Gasteiger partial charge in [-0.05, 0) is 32.8 Å². The molecule has 0 aliphatic heterocycles. The maximum absolute atomic E-state index is 12.3. The summed E-state index contributed by atoms with van der Waals surface area (Å²) in [6, 6.07) is 2.01. The lowest BCUT2D eigenvalue weighted by atomic mass is 10.2. The molecule has 0 aliphatic carbocycles. The first kappa shape index (κ1) is 16.7. The van der Waals surface area contributed by atoms with E-state index in [4.69, 9.17) is 0 Å². The first-order valence-corrected chi connectivity index (χ1v) is 8.68. The summed E-state index contributed by atoms with van der Waals surface area (Å²) in [5.74, 6) is 0.129. The van der Waals surface area contributed by atoms with E-state index in [-0.39, 0.29) is 10.8 Å². The lowest BCUT2D eigenvalue weighted by Crippen LogP contribution is -2.30. The molecule has 1 N–H and O–H groups in total. The minimum Gasteiger partial charge on any atom is -0.274 e. The molecular formula is C14H23N5O2S. The van der Waals surface area contributed by atoms with Gasteiger partial charge in [-0.2, -0.15) is 10.2 Å². The van der Waals surface area contributed by atoms with E-state index in [1.165, 1.54) is 10.9 Å². The number of hydrogen-bond acceptors (Lipinski definition) is 4. The fraction of sp³-hybridized carbons (Fsp3) is 0.571. The van der Waals surface area contributed by atoms with E-state index < -0.39 is 10.0 Å². The molecule has 8 heteroatoms. The molecule has 0 amide bonds. The van der Waals surface area contributed by atoms with Crippen LogP contribution in [0.4, 0.5) is 0 Å². The minimum absolute atomic E-state index is 0.129. The summed E-state index contributed by atoms with van der Waals surface area (Å²) in [6.07, 6.45) is 1.52. The minimum atomic E-state index is -3.53. The number of nitrogens with zero attached hydrogens (tertiary/aromatic N) is 4. The highest BCUT2D eigenvalue weighted by Gasteiger charge is 2.20. The van der Waals surface area contributed by atoms with Crippen molar-refractivity contribution < 1.29 is 8.42 Å². The van der Waals surface area contributed by atoms with Gasteiger partial charge in [-0.15, -0.1) is 0 Å². The second-order valence-corrected chi connectivity index (χ2v) is 7.55. The van der Waals surface area contributed by atoms with E-state index in [9.17, 15) is 8.42 Å². The van der Waals surface area contributed by atoms with Crippen LogP contribution in [0.3, 0.4) is 0 Å². The van der Waals surface area contributed by atoms with E-state index in [1.54, 1.807) is 14.0 Å². The Morgan fingerprint density at radius 1 is 1.27 bits per heavy atom. The highest BCUT2D eigenvalue weighted by Crippen LogP contribution is 2.13. The topological polar surface area (TPSA) is 81.8 Å². The predicted molar refractivity (Wildman–Crippen MR) is 84.0 cm³/mol. The molecule has 2 aromatic rings. The molecule has 0 spiro atoms. The third-order valence-electron chi connectivity index (χ3n) is 3.47. The molecule has 0 radical (unpaired) electrons. The van der Waals surface area contributed by atoms with E-state index in [0.29, 0.717) is 18.8 Å². The van der Waals surface area contributed by atoms with Crippen molar-refractivity contribution in [3.8, 4) is 0 Å². The van der Waals surface area contributed by atoms with Crippen LogP contribution in [0.15, 0.2) is 17.2 Å². The second-order valence-electron chi connectivity index (χ2n) is 5.82. The number of hydrogen-bond donors (Lipinski definition) is 1. The molecule has 1 atom stereocenters. The SMILES string of the molecule is Cc1cc(C)n(C[C@@H](C)CNS(=O)(=O)c2cn(C)nc2C)n1. The second kappa shape index (κ2) is 6.21. The summed E-state index contributed by atoms with van der Waals surface area (Å²) in [7, 11) is -1.82. The number of nitrogens with one attached hydrogen (secondary N) is 1. The molecule has 0 unspecified atom stereocenters. The maximum Gasteiger partial charge on any atom is 0.243 e. The zero-order chi connectivity index (χ0) is 16.5. The van der Waals surface area contributed by atoms with Crippen molar-refractivity contribution in [1.29, 1.82) is 0 Å². The van der Waals surface area contributed by atoms with Crippen LogP contribution in [-0.2, 0) is 23.6 Å². The van der Waals surface area contributed by atoms with Gasteiger partial charge in [0.25, 0.3) is 0 Å². The monoisotopic (exact) mass is 325 g/mol. The lowest BCUT2D eigenvalue weighted by Gasteiger charge is -2.14. The highest BCUT2D eigenvalue weighted by atomic mass is 32.2. The number of aromatic nitrogens is 4. The van der Waals surface area contributed by atoms with Crippen molar-refractivity contribution in [2.24, 2.45) is 13.0 Å². The third kappa shape index (κ3) is 3.75. The Morgan fingerprint density at radius 2 is 1.95 bits per heavy atom. The van der Waals surface area contributed by atoms with Gasteiger partial charge >= 0.3 is 0 Å². The van der Waals surface area contributed by atoms with Crippen LogP contribution < -0.4 is 4.72 Å². The first-order chi connectivity index (χ1) is 10.2. The van der Waals surface area contributed by atoms with Gasteiger partial charge in [0.15, 0.2) is 0 Å². The van der Waals surface area contributed by atoms with Crippen LogP contribution in [0.25, 0.3) is 0 Å². The molecule has 0 aromatic carbocycles. The van der Waals surface area contributed by atoms with Gasteiger partial charge in [-0.1, -0.05) is 6.92 Å². The van der Waals surface area contributed by atoms with Gasteiger partial charge in [-0.25, -0.2) is 13.1 Å². The summed E-state index contributed by atoms with van der Waals surface area (Å²) in [6.45, 7) is 8.66. The molecule has 22 heavy (non-hydrogen) atoms. The van der Waals surface area contributed by atoms with Gasteiger partial charge in [0.2, 0.25) is 10.0 Å². The largest absolute Gasteiger partial charge is 0.274 e. The Bertz CT molecular complexity index is 760. The van der Waals surface area contributed by atoms with Crippen LogP contribution in [0, 0.1) is 26.7 Å². The summed E-state index contributed by atoms with van der Waals surface area (Å²) in [5, 5.41) is 8.47. The van der Waals surface area contributed by atoms with E-state index in [2.05, 4.69) is 14.9 Å². The van der Waals surface area contributed by atoms with Gasteiger partial charge in [-0.3, -0.25) is 9.36 Å². The molecule has 2 rings (SSSR count). The lowest BCUT2D eigenvalue weighted by molar-refractivity contribution is 0.436. The van der Waals surface area contributed by atoms with Crippen LogP contribution >= 0.6 is 0 Å². The molecular weight excluding hydrogens is 302 g/mol. The standard InChI is InChI=1S/C14H23N5O2S/c1-10(8-19-12(3)6-11(2)16-19)7-15-22(20,21)14-9-18(5)17-13(14)4/h6,9-10,15H,7-8H2,1-5H3/t10-/m0/s1. The maximum atomic E-state index is 12.3. The number of aryl methyl sites for hydroxylation is 4. The molecule has 0 saturated heterocycles. The number of rotatable bonds is 6. The summed E-state index contributed by atoms with van der Waals surface area (Å²) < 4.78 is 30.7. The van der Waals surface area contributed by atoms with Crippen molar-refractivity contribution in [2.75, 3.05) is 6.54 Å². The zero-order valence-corrected chi connectivity index (χ0v) is 14.5. The van der Waals surface area contributed by atoms with Crippen LogP contribution in [0.2, 0.25) is 0 Å². The van der Waals surface area contributed by atoms with Crippen LogP contribution in [0.5, 0.6) is 0 Å². The van der Waals surface area contributed by atoms with E-state index in [1.807, 2.05) is 31.5 Å². The average Bonchev–Trinajstić information content (AvgIpc) is 2.90. The average molecular weight is 325 g/mol. The molecule has 0 saturated carbocycles. The summed E-state index contributed by atoms with van der Waals surface area (Å²) in [5.41, 5.74) is 2.55. The molecule has 0 bridgehead atoms. The summed E-state index contributed by atoms with van der Waals surface area (Å²) in [4.78, 5) is 0.230.